The van der Waals surface area contributed by atoms with Crippen LogP contribution in [0.5, 0.6) is 0 Å². The van der Waals surface area contributed by atoms with Crippen LogP contribution < -0.4 is 4.90 Å². The largest absolute Gasteiger partial charge is 0.378 e. The third-order valence-electron chi connectivity index (χ3n) is 6.69. The topological polar surface area (TPSA) is 53.1 Å². The lowest BCUT2D eigenvalue weighted by atomic mass is 9.98. The summed E-state index contributed by atoms with van der Waals surface area (Å²) in [4.78, 5) is 32.1. The van der Waals surface area contributed by atoms with Crippen molar-refractivity contribution < 1.29 is 14.3 Å². The van der Waals surface area contributed by atoms with E-state index in [4.69, 9.17) is 4.74 Å². The average molecular weight is 396 g/mol. The van der Waals surface area contributed by atoms with Crippen molar-refractivity contribution in [2.75, 3.05) is 50.8 Å². The quantitative estimate of drug-likeness (QED) is 0.790. The Morgan fingerprint density at radius 2 is 1.62 bits per heavy atom. The molecule has 1 spiro atoms. The number of likely N-dealkylation sites (tertiary alicyclic amines) is 1. The zero-order valence-electron chi connectivity index (χ0n) is 16.9. The molecule has 1 saturated carbocycles. The van der Waals surface area contributed by atoms with Crippen LogP contribution in [0.2, 0.25) is 0 Å². The number of carbonyl (C=O) groups excluding carboxylic acids is 2. The van der Waals surface area contributed by atoms with Crippen LogP contribution in [0.4, 0.5) is 5.69 Å². The molecule has 0 atom stereocenters. The van der Waals surface area contributed by atoms with Crippen molar-refractivity contribution in [3.05, 3.63) is 41.6 Å². The van der Waals surface area contributed by atoms with Crippen molar-refractivity contribution in [3.8, 4) is 0 Å². The van der Waals surface area contributed by atoms with E-state index in [0.717, 1.165) is 69.8 Å². The highest BCUT2D eigenvalue weighted by molar-refractivity contribution is 6.06. The van der Waals surface area contributed by atoms with Crippen LogP contribution in [-0.4, -0.2) is 67.6 Å². The highest BCUT2D eigenvalue weighted by atomic mass is 16.5. The highest BCUT2D eigenvalue weighted by Crippen LogP contribution is 2.51. The predicted molar refractivity (Wildman–Crippen MR) is 111 cm³/mol. The van der Waals surface area contributed by atoms with Crippen LogP contribution in [0, 0.1) is 5.41 Å². The summed E-state index contributed by atoms with van der Waals surface area (Å²) in [6.07, 6.45) is 7.87. The summed E-state index contributed by atoms with van der Waals surface area (Å²) in [6, 6.07) is 7.64. The fraction of sp³-hybridized carbons (Fsp3) is 0.565. The molecule has 29 heavy (non-hydrogen) atoms. The van der Waals surface area contributed by atoms with E-state index in [0.29, 0.717) is 18.8 Å². The molecule has 3 fully saturated rings. The molecule has 3 aliphatic heterocycles. The Morgan fingerprint density at radius 3 is 2.28 bits per heavy atom. The van der Waals surface area contributed by atoms with Crippen molar-refractivity contribution in [2.24, 2.45) is 5.41 Å². The van der Waals surface area contributed by atoms with Crippen molar-refractivity contribution >= 4 is 17.5 Å². The molecule has 2 saturated heterocycles. The number of morpholine rings is 1. The molecular formula is C23H29N3O3. The summed E-state index contributed by atoms with van der Waals surface area (Å²) in [6.45, 7) is 5.31. The Bertz CT molecular complexity index is 816. The number of nitrogens with zero attached hydrogens (tertiary/aromatic N) is 3. The predicted octanol–water partition coefficient (Wildman–Crippen LogP) is 2.66. The van der Waals surface area contributed by atoms with Gasteiger partial charge in [0.15, 0.2) is 0 Å². The molecule has 0 unspecified atom stereocenters. The lowest BCUT2D eigenvalue weighted by Gasteiger charge is -2.38. The Kier molecular flexibility index (Phi) is 4.82. The molecule has 1 aromatic carbocycles. The number of benzene rings is 1. The maximum atomic E-state index is 13.3. The van der Waals surface area contributed by atoms with E-state index in [1.807, 2.05) is 34.1 Å². The first-order chi connectivity index (χ1) is 14.2. The van der Waals surface area contributed by atoms with Crippen LogP contribution in [-0.2, 0) is 9.53 Å². The van der Waals surface area contributed by atoms with Gasteiger partial charge in [-0.25, -0.2) is 0 Å². The third kappa shape index (κ3) is 3.66. The monoisotopic (exact) mass is 395 g/mol. The summed E-state index contributed by atoms with van der Waals surface area (Å²) < 4.78 is 5.46. The minimum absolute atomic E-state index is 0.0690. The Balaban J connectivity index is 1.35. The summed E-state index contributed by atoms with van der Waals surface area (Å²) in [5.41, 5.74) is 2.55. The maximum absolute atomic E-state index is 13.3. The van der Waals surface area contributed by atoms with Crippen molar-refractivity contribution in [1.82, 2.24) is 9.80 Å². The van der Waals surface area contributed by atoms with Crippen LogP contribution in [0.15, 0.2) is 36.0 Å². The van der Waals surface area contributed by atoms with Crippen LogP contribution in [0.1, 0.15) is 42.5 Å². The third-order valence-corrected chi connectivity index (χ3v) is 6.69. The molecule has 4 aliphatic rings. The fourth-order valence-electron chi connectivity index (χ4n) is 4.69. The van der Waals surface area contributed by atoms with Gasteiger partial charge in [-0.05, 0) is 62.4 Å². The lowest BCUT2D eigenvalue weighted by Crippen LogP contribution is -2.48. The Hall–Kier alpha value is -2.34. The van der Waals surface area contributed by atoms with E-state index in [2.05, 4.69) is 11.0 Å². The molecule has 0 aromatic heterocycles. The van der Waals surface area contributed by atoms with Crippen molar-refractivity contribution in [3.63, 3.8) is 0 Å². The van der Waals surface area contributed by atoms with Crippen LogP contribution in [0.3, 0.4) is 0 Å². The number of anilines is 1. The number of piperidine rings is 1. The van der Waals surface area contributed by atoms with Gasteiger partial charge in [0.25, 0.3) is 11.8 Å². The first kappa shape index (κ1) is 18.7. The second-order valence-electron chi connectivity index (χ2n) is 8.78. The van der Waals surface area contributed by atoms with E-state index in [1.165, 1.54) is 6.42 Å². The van der Waals surface area contributed by atoms with Gasteiger partial charge in [-0.3, -0.25) is 9.59 Å². The molecule has 6 nitrogen and oxygen atoms in total. The Morgan fingerprint density at radius 1 is 0.931 bits per heavy atom. The van der Waals surface area contributed by atoms with Gasteiger partial charge >= 0.3 is 0 Å². The normalized spacial score (nSPS) is 23.9. The maximum Gasteiger partial charge on any atom is 0.274 e. The number of amides is 2. The number of carbonyl (C=O) groups is 2. The molecule has 0 radical (unpaired) electrons. The van der Waals surface area contributed by atoms with Crippen molar-refractivity contribution in [2.45, 2.75) is 32.1 Å². The standard InChI is InChI=1S/C23H29N3O3/c27-21(25-10-2-1-3-11-25)18-4-6-19(7-5-18)26-17-23(8-9-23)16-20(22(26)28)24-12-14-29-15-13-24/h4-7,16H,1-3,8-15,17H2. The molecule has 0 bridgehead atoms. The first-order valence-electron chi connectivity index (χ1n) is 10.9. The average Bonchev–Trinajstić information content (AvgIpc) is 3.55. The van der Waals surface area contributed by atoms with E-state index < -0.39 is 0 Å². The molecule has 1 aliphatic carbocycles. The minimum atomic E-state index is 0.0690. The fourth-order valence-corrected chi connectivity index (χ4v) is 4.69. The van der Waals surface area contributed by atoms with E-state index in [9.17, 15) is 9.59 Å². The molecule has 2 amide bonds. The zero-order valence-corrected chi connectivity index (χ0v) is 16.9. The van der Waals surface area contributed by atoms with E-state index in [1.54, 1.807) is 0 Å². The summed E-state index contributed by atoms with van der Waals surface area (Å²) in [5.74, 6) is 0.174. The number of hydrogen-bond donors (Lipinski definition) is 0. The van der Waals surface area contributed by atoms with Gasteiger partial charge in [-0.15, -0.1) is 0 Å². The molecule has 6 heteroatoms. The lowest BCUT2D eigenvalue weighted by molar-refractivity contribution is -0.117. The minimum Gasteiger partial charge on any atom is -0.378 e. The van der Waals surface area contributed by atoms with Gasteiger partial charge in [0, 0.05) is 49.4 Å². The van der Waals surface area contributed by atoms with Gasteiger partial charge in [0.1, 0.15) is 0 Å². The SMILES string of the molecule is O=C(c1ccc(N2CC3(C=C(N4CCOCC4)C2=O)CC3)cc1)N1CCCCC1. The molecule has 1 aromatic rings. The summed E-state index contributed by atoms with van der Waals surface area (Å²) in [5, 5.41) is 0. The summed E-state index contributed by atoms with van der Waals surface area (Å²) in [7, 11) is 0. The van der Waals surface area contributed by atoms with Crippen LogP contribution in [0.25, 0.3) is 0 Å². The smallest absolute Gasteiger partial charge is 0.274 e. The first-order valence-corrected chi connectivity index (χ1v) is 10.9. The zero-order chi connectivity index (χ0) is 19.8. The van der Waals surface area contributed by atoms with Gasteiger partial charge in [-0.2, -0.15) is 0 Å². The van der Waals surface area contributed by atoms with Crippen LogP contribution >= 0.6 is 0 Å². The van der Waals surface area contributed by atoms with Gasteiger partial charge in [0.05, 0.1) is 18.9 Å². The molecular weight excluding hydrogens is 366 g/mol. The number of hydrogen-bond acceptors (Lipinski definition) is 4. The highest BCUT2D eigenvalue weighted by Gasteiger charge is 2.48. The molecule has 5 rings (SSSR count). The van der Waals surface area contributed by atoms with Gasteiger partial charge in [0.2, 0.25) is 0 Å². The Labute approximate surface area is 172 Å². The second kappa shape index (κ2) is 7.48. The van der Waals surface area contributed by atoms with E-state index in [-0.39, 0.29) is 17.2 Å². The van der Waals surface area contributed by atoms with Crippen molar-refractivity contribution in [1.29, 1.82) is 0 Å². The second-order valence-corrected chi connectivity index (χ2v) is 8.78. The number of rotatable bonds is 3. The van der Waals surface area contributed by atoms with E-state index >= 15 is 0 Å². The molecule has 154 valence electrons. The molecule has 3 heterocycles. The summed E-state index contributed by atoms with van der Waals surface area (Å²) >= 11 is 0. The number of ether oxygens (including phenoxy) is 1. The van der Waals surface area contributed by atoms with Gasteiger partial charge in [-0.1, -0.05) is 0 Å². The molecule has 0 N–H and O–H groups in total. The van der Waals surface area contributed by atoms with Gasteiger partial charge < -0.3 is 19.4 Å².